The van der Waals surface area contributed by atoms with E-state index in [1.54, 1.807) is 12.1 Å². The largest absolute Gasteiger partial charge is 0.341 e. The highest BCUT2D eigenvalue weighted by Gasteiger charge is 2.26. The Kier molecular flexibility index (Phi) is 7.50. The Bertz CT molecular complexity index is 621. The first-order valence-electron chi connectivity index (χ1n) is 8.31. The summed E-state index contributed by atoms with van der Waals surface area (Å²) in [5.74, 6) is -0.0738. The van der Waals surface area contributed by atoms with Crippen LogP contribution in [-0.4, -0.2) is 24.4 Å². The van der Waals surface area contributed by atoms with Gasteiger partial charge in [0.2, 0.25) is 5.91 Å². The minimum atomic E-state index is -0.591. The van der Waals surface area contributed by atoms with Gasteiger partial charge in [-0.3, -0.25) is 9.59 Å². The number of amides is 2. The maximum absolute atomic E-state index is 12.5. The topological polar surface area (TPSA) is 82.0 Å². The molecule has 128 valence electrons. The highest BCUT2D eigenvalue weighted by Crippen LogP contribution is 2.27. The van der Waals surface area contributed by atoms with E-state index in [2.05, 4.69) is 33.2 Å². The molecular weight excluding hydrogens is 417 g/mol. The molecule has 1 aliphatic rings. The Morgan fingerprint density at radius 1 is 1.29 bits per heavy atom. The normalized spacial score (nSPS) is 16.0. The summed E-state index contributed by atoms with van der Waals surface area (Å²) in [4.78, 5) is 24.8. The molecule has 0 radical (unpaired) electrons. The van der Waals surface area contributed by atoms with Gasteiger partial charge < -0.3 is 10.6 Å². The molecule has 2 amide bonds. The van der Waals surface area contributed by atoms with Crippen LogP contribution in [0.3, 0.4) is 0 Å². The van der Waals surface area contributed by atoms with Gasteiger partial charge >= 0.3 is 0 Å². The molecule has 1 aromatic carbocycles. The molecule has 0 aromatic heterocycles. The predicted octanol–water partition coefficient (Wildman–Crippen LogP) is 3.00. The van der Waals surface area contributed by atoms with Gasteiger partial charge in [0.15, 0.2) is 0 Å². The molecule has 0 bridgehead atoms. The summed E-state index contributed by atoms with van der Waals surface area (Å²) in [6, 6.07) is 8.58. The molecule has 1 aromatic rings. The zero-order valence-electron chi connectivity index (χ0n) is 13.6. The van der Waals surface area contributed by atoms with Gasteiger partial charge in [0, 0.05) is 9.13 Å². The smallest absolute Gasteiger partial charge is 0.251 e. The Hall–Kier alpha value is -1.62. The molecule has 1 aliphatic carbocycles. The van der Waals surface area contributed by atoms with E-state index in [9.17, 15) is 9.59 Å². The average molecular weight is 439 g/mol. The van der Waals surface area contributed by atoms with Crippen LogP contribution in [0.1, 0.15) is 48.9 Å². The van der Waals surface area contributed by atoms with E-state index < -0.39 is 6.04 Å². The molecular formula is C18H22IN3O2. The maximum Gasteiger partial charge on any atom is 0.251 e. The van der Waals surface area contributed by atoms with E-state index in [0.29, 0.717) is 17.9 Å². The first kappa shape index (κ1) is 18.7. The second-order valence-corrected chi connectivity index (χ2v) is 7.40. The maximum atomic E-state index is 12.5. The third kappa shape index (κ3) is 5.78. The first-order valence-corrected chi connectivity index (χ1v) is 9.39. The number of benzene rings is 1. The van der Waals surface area contributed by atoms with Crippen LogP contribution >= 0.6 is 22.6 Å². The van der Waals surface area contributed by atoms with E-state index in [1.165, 1.54) is 19.3 Å². The quantitative estimate of drug-likeness (QED) is 0.528. The fourth-order valence-electron chi connectivity index (χ4n) is 3.11. The Morgan fingerprint density at radius 2 is 2.04 bits per heavy atom. The second-order valence-electron chi connectivity index (χ2n) is 6.15. The standard InChI is InChI=1S/C18H22IN3O2/c19-15-8-4-7-14(12-15)17(23)22-16(18(24)21-10-9-20)11-13-5-2-1-3-6-13/h4,7-8,12-13,16H,1-3,5-6,10-11H2,(H,21,24)(H,22,23)/t16-/m0/s1. The molecule has 0 heterocycles. The van der Waals surface area contributed by atoms with Crippen molar-refractivity contribution in [3.8, 4) is 6.07 Å². The molecule has 1 saturated carbocycles. The third-order valence-electron chi connectivity index (χ3n) is 4.34. The second kappa shape index (κ2) is 9.62. The number of nitrogens with one attached hydrogen (secondary N) is 2. The molecule has 0 unspecified atom stereocenters. The molecule has 2 rings (SSSR count). The summed E-state index contributed by atoms with van der Waals surface area (Å²) in [6.45, 7) is -0.0426. The van der Waals surface area contributed by atoms with Gasteiger partial charge in [-0.15, -0.1) is 0 Å². The van der Waals surface area contributed by atoms with Crippen molar-refractivity contribution in [2.45, 2.75) is 44.6 Å². The summed E-state index contributed by atoms with van der Waals surface area (Å²) < 4.78 is 0.970. The number of rotatable bonds is 6. The van der Waals surface area contributed by atoms with E-state index in [4.69, 9.17) is 5.26 Å². The number of hydrogen-bond acceptors (Lipinski definition) is 3. The summed E-state index contributed by atoms with van der Waals surface area (Å²) in [6.07, 6.45) is 6.44. The van der Waals surface area contributed by atoms with Gasteiger partial charge in [0.05, 0.1) is 6.07 Å². The number of carbonyl (C=O) groups is 2. The monoisotopic (exact) mass is 439 g/mol. The van der Waals surface area contributed by atoms with Crippen molar-refractivity contribution in [2.75, 3.05) is 6.54 Å². The minimum absolute atomic E-state index is 0.0426. The van der Waals surface area contributed by atoms with E-state index in [1.807, 2.05) is 18.2 Å². The lowest BCUT2D eigenvalue weighted by Gasteiger charge is -2.26. The van der Waals surface area contributed by atoms with Gasteiger partial charge in [-0.2, -0.15) is 5.26 Å². The summed E-state index contributed by atoms with van der Waals surface area (Å²) in [5.41, 5.74) is 0.545. The number of nitrogens with zero attached hydrogens (tertiary/aromatic N) is 1. The van der Waals surface area contributed by atoms with Crippen molar-refractivity contribution < 1.29 is 9.59 Å². The van der Waals surface area contributed by atoms with Gasteiger partial charge in [-0.05, 0) is 53.1 Å². The van der Waals surface area contributed by atoms with E-state index in [0.717, 1.165) is 16.4 Å². The highest BCUT2D eigenvalue weighted by atomic mass is 127. The molecule has 1 fully saturated rings. The lowest BCUT2D eigenvalue weighted by Crippen LogP contribution is -2.48. The molecule has 6 heteroatoms. The van der Waals surface area contributed by atoms with Crippen molar-refractivity contribution in [2.24, 2.45) is 5.92 Å². The fourth-order valence-corrected chi connectivity index (χ4v) is 3.65. The molecule has 24 heavy (non-hydrogen) atoms. The molecule has 5 nitrogen and oxygen atoms in total. The Balaban J connectivity index is 2.04. The van der Waals surface area contributed by atoms with Crippen LogP contribution in [0.15, 0.2) is 24.3 Å². The van der Waals surface area contributed by atoms with Crippen molar-refractivity contribution in [1.82, 2.24) is 10.6 Å². The minimum Gasteiger partial charge on any atom is -0.341 e. The first-order chi connectivity index (χ1) is 11.6. The Labute approximate surface area is 156 Å². The number of carbonyl (C=O) groups excluding carboxylic acids is 2. The summed E-state index contributed by atoms with van der Waals surface area (Å²) in [7, 11) is 0. The van der Waals surface area contributed by atoms with Crippen LogP contribution in [0.5, 0.6) is 0 Å². The van der Waals surface area contributed by atoms with Gasteiger partial charge in [0.25, 0.3) is 5.91 Å². The number of halogens is 1. The van der Waals surface area contributed by atoms with Crippen molar-refractivity contribution in [3.63, 3.8) is 0 Å². The van der Waals surface area contributed by atoms with Crippen molar-refractivity contribution >= 4 is 34.4 Å². The highest BCUT2D eigenvalue weighted by molar-refractivity contribution is 14.1. The molecule has 0 saturated heterocycles. The number of hydrogen-bond donors (Lipinski definition) is 2. The lowest BCUT2D eigenvalue weighted by molar-refractivity contribution is -0.123. The summed E-state index contributed by atoms with van der Waals surface area (Å²) >= 11 is 2.15. The molecule has 0 spiro atoms. The predicted molar refractivity (Wildman–Crippen MR) is 100 cm³/mol. The fraction of sp³-hybridized carbons (Fsp3) is 0.500. The third-order valence-corrected chi connectivity index (χ3v) is 5.02. The van der Waals surface area contributed by atoms with Crippen LogP contribution < -0.4 is 10.6 Å². The molecule has 2 N–H and O–H groups in total. The average Bonchev–Trinajstić information content (AvgIpc) is 2.60. The van der Waals surface area contributed by atoms with Crippen LogP contribution in [0.25, 0.3) is 0 Å². The van der Waals surface area contributed by atoms with E-state index in [-0.39, 0.29) is 18.4 Å². The van der Waals surface area contributed by atoms with Gasteiger partial charge in [-0.1, -0.05) is 38.2 Å². The molecule has 1 atom stereocenters. The van der Waals surface area contributed by atoms with E-state index >= 15 is 0 Å². The van der Waals surface area contributed by atoms with Crippen LogP contribution in [-0.2, 0) is 4.79 Å². The zero-order valence-corrected chi connectivity index (χ0v) is 15.7. The lowest BCUT2D eigenvalue weighted by atomic mass is 9.84. The summed E-state index contributed by atoms with van der Waals surface area (Å²) in [5, 5.41) is 14.1. The van der Waals surface area contributed by atoms with Crippen LogP contribution in [0, 0.1) is 20.8 Å². The number of nitriles is 1. The Morgan fingerprint density at radius 3 is 2.71 bits per heavy atom. The molecule has 0 aliphatic heterocycles. The van der Waals surface area contributed by atoms with Crippen LogP contribution in [0.2, 0.25) is 0 Å². The SMILES string of the molecule is N#CCNC(=O)[C@H](CC1CCCCC1)NC(=O)c1cccc(I)c1. The van der Waals surface area contributed by atoms with Gasteiger partial charge in [-0.25, -0.2) is 0 Å². The van der Waals surface area contributed by atoms with Crippen molar-refractivity contribution in [3.05, 3.63) is 33.4 Å². The van der Waals surface area contributed by atoms with Crippen molar-refractivity contribution in [1.29, 1.82) is 5.26 Å². The van der Waals surface area contributed by atoms with Crippen LogP contribution in [0.4, 0.5) is 0 Å². The van der Waals surface area contributed by atoms with Gasteiger partial charge in [0.1, 0.15) is 12.6 Å². The zero-order chi connectivity index (χ0) is 17.4.